The first-order valence-corrected chi connectivity index (χ1v) is 9.74. The molecule has 138 valence electrons. The third kappa shape index (κ3) is 8.18. The SMILES string of the molecule is C=Cc1nccc(N(C)C2CCC(OPO)CC2)n1.CC.CCC. The molecule has 6 heteroatoms. The van der Waals surface area contributed by atoms with Crippen molar-refractivity contribution in [2.24, 2.45) is 0 Å². The summed E-state index contributed by atoms with van der Waals surface area (Å²) < 4.78 is 5.28. The van der Waals surface area contributed by atoms with E-state index in [9.17, 15) is 0 Å². The molecule has 1 saturated carbocycles. The first-order valence-electron chi connectivity index (χ1n) is 8.89. The van der Waals surface area contributed by atoms with E-state index in [0.717, 1.165) is 31.5 Å². The fourth-order valence-electron chi connectivity index (χ4n) is 2.47. The van der Waals surface area contributed by atoms with Gasteiger partial charge in [0.05, 0.1) is 6.10 Å². The Morgan fingerprint density at radius 1 is 1.33 bits per heavy atom. The summed E-state index contributed by atoms with van der Waals surface area (Å²) in [5, 5.41) is 0. The third-order valence-corrected chi connectivity index (χ3v) is 4.05. The minimum absolute atomic E-state index is 0.210. The highest BCUT2D eigenvalue weighted by Gasteiger charge is 2.25. The Labute approximate surface area is 149 Å². The van der Waals surface area contributed by atoms with Crippen molar-refractivity contribution >= 4 is 20.9 Å². The number of anilines is 1. The molecule has 0 aliphatic heterocycles. The molecule has 0 radical (unpaired) electrons. The van der Waals surface area contributed by atoms with Gasteiger partial charge in [-0.15, -0.1) is 0 Å². The van der Waals surface area contributed by atoms with Crippen LogP contribution in [-0.4, -0.2) is 34.1 Å². The summed E-state index contributed by atoms with van der Waals surface area (Å²) in [6, 6.07) is 2.39. The summed E-state index contributed by atoms with van der Waals surface area (Å²) in [5.41, 5.74) is 0. The zero-order valence-electron chi connectivity index (χ0n) is 15.8. The summed E-state index contributed by atoms with van der Waals surface area (Å²) in [4.78, 5) is 19.6. The third-order valence-electron chi connectivity index (χ3n) is 3.61. The minimum Gasteiger partial charge on any atom is -0.357 e. The van der Waals surface area contributed by atoms with Gasteiger partial charge in [-0.1, -0.05) is 40.7 Å². The molecule has 1 aliphatic carbocycles. The zero-order chi connectivity index (χ0) is 18.4. The molecule has 1 aromatic heterocycles. The second-order valence-corrected chi connectivity index (χ2v) is 5.85. The first-order chi connectivity index (χ1) is 11.7. The molecular formula is C18H34N3O2P. The van der Waals surface area contributed by atoms with Crippen LogP contribution in [0.5, 0.6) is 0 Å². The molecule has 5 nitrogen and oxygen atoms in total. The van der Waals surface area contributed by atoms with Crippen molar-refractivity contribution in [2.75, 3.05) is 11.9 Å². The molecule has 24 heavy (non-hydrogen) atoms. The summed E-state index contributed by atoms with van der Waals surface area (Å²) in [6.07, 6.45) is 8.96. The monoisotopic (exact) mass is 355 g/mol. The zero-order valence-corrected chi connectivity index (χ0v) is 16.8. The standard InChI is InChI=1S/C13H20N3O2P.C3H8.C2H6/c1-3-12-14-9-8-13(15-12)16(2)10-4-6-11(7-5-10)18-19-17;1-3-2;1-2/h3,8-11,17,19H,1,4-7H2,2H3;3H2,1-2H3;1-2H3. The predicted octanol–water partition coefficient (Wildman–Crippen LogP) is 4.83. The molecule has 1 aromatic rings. The minimum atomic E-state index is -0.399. The van der Waals surface area contributed by atoms with E-state index < -0.39 is 9.03 Å². The molecule has 1 aliphatic rings. The second-order valence-electron chi connectivity index (χ2n) is 5.43. The smallest absolute Gasteiger partial charge is 0.153 e. The molecule has 0 saturated heterocycles. The van der Waals surface area contributed by atoms with E-state index in [0.29, 0.717) is 11.9 Å². The number of hydrogen-bond acceptors (Lipinski definition) is 5. The molecular weight excluding hydrogens is 321 g/mol. The quantitative estimate of drug-likeness (QED) is 0.767. The summed E-state index contributed by atoms with van der Waals surface area (Å²) >= 11 is 0. The fraction of sp³-hybridized carbons (Fsp3) is 0.667. The van der Waals surface area contributed by atoms with Crippen molar-refractivity contribution < 1.29 is 9.42 Å². The van der Waals surface area contributed by atoms with Crippen molar-refractivity contribution in [1.82, 2.24) is 9.97 Å². The van der Waals surface area contributed by atoms with Crippen LogP contribution in [0.25, 0.3) is 6.08 Å². The fourth-order valence-corrected chi connectivity index (χ4v) is 2.86. The van der Waals surface area contributed by atoms with Crippen molar-refractivity contribution in [2.45, 2.75) is 71.9 Å². The van der Waals surface area contributed by atoms with Crippen molar-refractivity contribution in [3.63, 3.8) is 0 Å². The summed E-state index contributed by atoms with van der Waals surface area (Å²) in [5.74, 6) is 1.58. The Bertz CT molecular complexity index is 438. The Hall–Kier alpha value is -1.03. The van der Waals surface area contributed by atoms with E-state index in [1.54, 1.807) is 12.3 Å². The topological polar surface area (TPSA) is 58.5 Å². The molecule has 2 rings (SSSR count). The van der Waals surface area contributed by atoms with Crippen molar-refractivity contribution in [3.05, 3.63) is 24.7 Å². The van der Waals surface area contributed by atoms with Gasteiger partial charge in [-0.05, 0) is 37.8 Å². The predicted molar refractivity (Wildman–Crippen MR) is 106 cm³/mol. The van der Waals surface area contributed by atoms with Gasteiger partial charge in [0.25, 0.3) is 0 Å². The first kappa shape index (κ1) is 23.0. The van der Waals surface area contributed by atoms with Crippen LogP contribution in [0.15, 0.2) is 18.8 Å². The van der Waals surface area contributed by atoms with Gasteiger partial charge in [0.2, 0.25) is 0 Å². The van der Waals surface area contributed by atoms with Gasteiger partial charge < -0.3 is 14.3 Å². The van der Waals surface area contributed by atoms with E-state index in [-0.39, 0.29) is 6.10 Å². The van der Waals surface area contributed by atoms with Gasteiger partial charge in [0.15, 0.2) is 14.9 Å². The van der Waals surface area contributed by atoms with E-state index in [4.69, 9.17) is 9.42 Å². The number of rotatable bonds is 5. The summed E-state index contributed by atoms with van der Waals surface area (Å²) in [7, 11) is 1.67. The largest absolute Gasteiger partial charge is 0.357 e. The van der Waals surface area contributed by atoms with Crippen molar-refractivity contribution in [1.29, 1.82) is 0 Å². The Kier molecular flexibility index (Phi) is 13.7. The molecule has 0 amide bonds. The van der Waals surface area contributed by atoms with Crippen LogP contribution in [0.3, 0.4) is 0 Å². The summed E-state index contributed by atoms with van der Waals surface area (Å²) in [6.45, 7) is 11.9. The van der Waals surface area contributed by atoms with Crippen LogP contribution in [0.2, 0.25) is 0 Å². The Morgan fingerprint density at radius 2 is 1.92 bits per heavy atom. The molecule has 0 bridgehead atoms. The van der Waals surface area contributed by atoms with Crippen LogP contribution >= 0.6 is 9.03 Å². The lowest BCUT2D eigenvalue weighted by Crippen LogP contribution is -2.37. The lowest BCUT2D eigenvalue weighted by Gasteiger charge is -2.34. The lowest BCUT2D eigenvalue weighted by atomic mass is 9.92. The van der Waals surface area contributed by atoms with Gasteiger partial charge in [0.1, 0.15) is 5.82 Å². The highest BCUT2D eigenvalue weighted by atomic mass is 31.1. The number of nitrogens with zero attached hydrogens (tertiary/aromatic N) is 3. The van der Waals surface area contributed by atoms with Crippen LogP contribution < -0.4 is 4.90 Å². The highest BCUT2D eigenvalue weighted by molar-refractivity contribution is 7.25. The van der Waals surface area contributed by atoms with Gasteiger partial charge in [-0.25, -0.2) is 9.97 Å². The molecule has 1 heterocycles. The second kappa shape index (κ2) is 14.3. The van der Waals surface area contributed by atoms with E-state index in [1.165, 1.54) is 6.42 Å². The maximum absolute atomic E-state index is 8.80. The number of aromatic nitrogens is 2. The van der Waals surface area contributed by atoms with E-state index >= 15 is 0 Å². The Morgan fingerprint density at radius 3 is 2.42 bits per heavy atom. The maximum atomic E-state index is 8.80. The molecule has 0 spiro atoms. The average molecular weight is 355 g/mol. The van der Waals surface area contributed by atoms with E-state index in [1.807, 2.05) is 19.9 Å². The van der Waals surface area contributed by atoms with Crippen LogP contribution in [0.1, 0.15) is 65.6 Å². The van der Waals surface area contributed by atoms with Crippen molar-refractivity contribution in [3.8, 4) is 0 Å². The molecule has 1 unspecified atom stereocenters. The van der Waals surface area contributed by atoms with Gasteiger partial charge in [0, 0.05) is 19.3 Å². The molecule has 0 aromatic carbocycles. The average Bonchev–Trinajstić information content (AvgIpc) is 2.64. The normalized spacial score (nSPS) is 19.8. The highest BCUT2D eigenvalue weighted by Crippen LogP contribution is 2.29. The van der Waals surface area contributed by atoms with Gasteiger partial charge >= 0.3 is 0 Å². The lowest BCUT2D eigenvalue weighted by molar-refractivity contribution is 0.155. The molecule has 1 N–H and O–H groups in total. The van der Waals surface area contributed by atoms with Gasteiger partial charge in [-0.3, -0.25) is 0 Å². The van der Waals surface area contributed by atoms with Crippen LogP contribution in [0, 0.1) is 0 Å². The Balaban J connectivity index is 0.000000952. The number of hydrogen-bond donors (Lipinski definition) is 1. The molecule has 1 atom stereocenters. The van der Waals surface area contributed by atoms with E-state index in [2.05, 4.69) is 42.3 Å². The maximum Gasteiger partial charge on any atom is 0.153 e. The molecule has 1 fully saturated rings. The van der Waals surface area contributed by atoms with Crippen LogP contribution in [-0.2, 0) is 4.52 Å². The van der Waals surface area contributed by atoms with Crippen LogP contribution in [0.4, 0.5) is 5.82 Å². The van der Waals surface area contributed by atoms with Gasteiger partial charge in [-0.2, -0.15) is 0 Å².